The summed E-state index contributed by atoms with van der Waals surface area (Å²) in [4.78, 5) is 11.9. The molecular formula is C17H22O3. The van der Waals surface area contributed by atoms with Crippen molar-refractivity contribution in [3.05, 3.63) is 35.4 Å². The number of fused-ring (bicyclic) bond motifs is 1. The molecule has 3 heteroatoms. The van der Waals surface area contributed by atoms with Crippen LogP contribution in [0.2, 0.25) is 0 Å². The smallest absolute Gasteiger partial charge is 0.310 e. The summed E-state index contributed by atoms with van der Waals surface area (Å²) in [6.07, 6.45) is 6.33. The van der Waals surface area contributed by atoms with Crippen molar-refractivity contribution < 1.29 is 14.6 Å². The molecule has 0 aromatic heterocycles. The second-order valence-electron chi connectivity index (χ2n) is 6.22. The molecule has 20 heavy (non-hydrogen) atoms. The Balaban J connectivity index is 1.81. The van der Waals surface area contributed by atoms with Crippen molar-refractivity contribution in [2.45, 2.75) is 51.0 Å². The molecule has 0 amide bonds. The van der Waals surface area contributed by atoms with Crippen LogP contribution >= 0.6 is 0 Å². The molecule has 3 nitrogen and oxygen atoms in total. The molecular weight excluding hydrogens is 252 g/mol. The van der Waals surface area contributed by atoms with Gasteiger partial charge >= 0.3 is 5.97 Å². The number of aliphatic carboxylic acids is 1. The number of carboxylic acid groups (broad SMARTS) is 1. The van der Waals surface area contributed by atoms with E-state index in [0.717, 1.165) is 38.7 Å². The fraction of sp³-hybridized carbons (Fsp3) is 0.588. The highest BCUT2D eigenvalue weighted by molar-refractivity contribution is 5.75. The number of ether oxygens (including phenoxy) is 1. The zero-order valence-electron chi connectivity index (χ0n) is 11.8. The molecule has 1 aromatic carbocycles. The molecule has 1 saturated heterocycles. The summed E-state index contributed by atoms with van der Waals surface area (Å²) in [6, 6.07) is 8.25. The number of benzene rings is 1. The summed E-state index contributed by atoms with van der Waals surface area (Å²) in [5, 5.41) is 9.79. The van der Waals surface area contributed by atoms with Gasteiger partial charge in [0.15, 0.2) is 0 Å². The van der Waals surface area contributed by atoms with E-state index in [0.29, 0.717) is 12.8 Å². The Bertz CT molecular complexity index is 491. The van der Waals surface area contributed by atoms with Crippen LogP contribution < -0.4 is 0 Å². The molecule has 0 bridgehead atoms. The average molecular weight is 274 g/mol. The maximum absolute atomic E-state index is 11.9. The van der Waals surface area contributed by atoms with Crippen LogP contribution in [-0.4, -0.2) is 23.8 Å². The minimum Gasteiger partial charge on any atom is -0.481 e. The highest BCUT2D eigenvalue weighted by Crippen LogP contribution is 2.41. The van der Waals surface area contributed by atoms with Gasteiger partial charge in [0.1, 0.15) is 0 Å². The third kappa shape index (κ3) is 2.59. The molecule has 3 rings (SSSR count). The number of hydrogen-bond acceptors (Lipinski definition) is 2. The summed E-state index contributed by atoms with van der Waals surface area (Å²) in [5.41, 5.74) is 1.89. The molecule has 1 heterocycles. The van der Waals surface area contributed by atoms with E-state index in [9.17, 15) is 9.90 Å². The molecule has 2 aliphatic rings. The lowest BCUT2D eigenvalue weighted by Gasteiger charge is -2.38. The first-order valence-electron chi connectivity index (χ1n) is 7.61. The lowest BCUT2D eigenvalue weighted by atomic mass is 9.68. The van der Waals surface area contributed by atoms with Crippen LogP contribution in [0.1, 0.15) is 43.2 Å². The second-order valence-corrected chi connectivity index (χ2v) is 6.22. The van der Waals surface area contributed by atoms with E-state index in [1.54, 1.807) is 0 Å². The minimum absolute atomic E-state index is 0.130. The quantitative estimate of drug-likeness (QED) is 0.920. The highest BCUT2D eigenvalue weighted by atomic mass is 16.5. The molecule has 1 N–H and O–H groups in total. The van der Waals surface area contributed by atoms with Crippen molar-refractivity contribution in [3.63, 3.8) is 0 Å². The Kier molecular flexibility index (Phi) is 3.79. The predicted molar refractivity (Wildman–Crippen MR) is 76.7 cm³/mol. The highest BCUT2D eigenvalue weighted by Gasteiger charge is 2.43. The average Bonchev–Trinajstić information content (AvgIpc) is 2.48. The number of rotatable bonds is 3. The van der Waals surface area contributed by atoms with Crippen LogP contribution in [0.25, 0.3) is 0 Å². The summed E-state index contributed by atoms with van der Waals surface area (Å²) in [6.45, 7) is 0.789. The third-order valence-corrected chi connectivity index (χ3v) is 4.87. The van der Waals surface area contributed by atoms with Gasteiger partial charge in [0.05, 0.1) is 11.5 Å². The van der Waals surface area contributed by atoms with E-state index in [2.05, 4.69) is 12.1 Å². The molecule has 2 atom stereocenters. The molecule has 0 saturated carbocycles. The van der Waals surface area contributed by atoms with Gasteiger partial charge in [0.25, 0.3) is 0 Å². The number of hydrogen-bond donors (Lipinski definition) is 1. The van der Waals surface area contributed by atoms with Gasteiger partial charge in [-0.15, -0.1) is 0 Å². The van der Waals surface area contributed by atoms with Gasteiger partial charge in [-0.3, -0.25) is 4.79 Å². The van der Waals surface area contributed by atoms with Crippen LogP contribution in [-0.2, 0) is 22.4 Å². The largest absolute Gasteiger partial charge is 0.481 e. The molecule has 1 aliphatic heterocycles. The van der Waals surface area contributed by atoms with Crippen LogP contribution in [0.5, 0.6) is 0 Å². The number of carbonyl (C=O) groups is 1. The van der Waals surface area contributed by atoms with E-state index in [1.807, 2.05) is 12.1 Å². The van der Waals surface area contributed by atoms with Gasteiger partial charge in [-0.25, -0.2) is 0 Å². The van der Waals surface area contributed by atoms with E-state index >= 15 is 0 Å². The van der Waals surface area contributed by atoms with Crippen molar-refractivity contribution in [2.24, 2.45) is 5.41 Å². The van der Waals surface area contributed by atoms with Crippen molar-refractivity contribution in [3.8, 4) is 0 Å². The second kappa shape index (κ2) is 5.57. The van der Waals surface area contributed by atoms with Gasteiger partial charge in [-0.05, 0) is 56.1 Å². The Hall–Kier alpha value is -1.35. The van der Waals surface area contributed by atoms with Crippen LogP contribution in [0.15, 0.2) is 24.3 Å². The Morgan fingerprint density at radius 2 is 2.10 bits per heavy atom. The van der Waals surface area contributed by atoms with Crippen molar-refractivity contribution in [1.29, 1.82) is 0 Å². The van der Waals surface area contributed by atoms with Gasteiger partial charge < -0.3 is 9.84 Å². The minimum atomic E-state index is -0.652. The predicted octanol–water partition coefficient (Wildman–Crippen LogP) is 3.21. The standard InChI is InChI=1S/C17H22O3/c18-16(19)17(12-15-7-3-4-10-20-15)9-8-13-5-1-2-6-14(13)11-17/h1-2,5-6,15H,3-4,7-12H2,(H,18,19). The first-order chi connectivity index (χ1) is 9.70. The van der Waals surface area contributed by atoms with Crippen molar-refractivity contribution >= 4 is 5.97 Å². The van der Waals surface area contributed by atoms with Crippen molar-refractivity contribution in [2.75, 3.05) is 6.61 Å². The monoisotopic (exact) mass is 274 g/mol. The summed E-state index contributed by atoms with van der Waals surface area (Å²) in [5.74, 6) is -0.652. The molecule has 1 aromatic rings. The zero-order valence-corrected chi connectivity index (χ0v) is 11.8. The summed E-state index contributed by atoms with van der Waals surface area (Å²) >= 11 is 0. The lowest BCUT2D eigenvalue weighted by molar-refractivity contribution is -0.153. The summed E-state index contributed by atoms with van der Waals surface area (Å²) < 4.78 is 5.78. The number of carboxylic acids is 1. The van der Waals surface area contributed by atoms with Gasteiger partial charge in [-0.2, -0.15) is 0 Å². The molecule has 108 valence electrons. The van der Waals surface area contributed by atoms with E-state index < -0.39 is 11.4 Å². The van der Waals surface area contributed by atoms with Crippen LogP contribution in [0, 0.1) is 5.41 Å². The SMILES string of the molecule is O=C(O)C1(CC2CCCCO2)CCc2ccccc2C1. The van der Waals surface area contributed by atoms with Crippen LogP contribution in [0.3, 0.4) is 0 Å². The van der Waals surface area contributed by atoms with Gasteiger partial charge in [-0.1, -0.05) is 24.3 Å². The maximum atomic E-state index is 11.9. The molecule has 0 radical (unpaired) electrons. The third-order valence-electron chi connectivity index (χ3n) is 4.87. The van der Waals surface area contributed by atoms with Crippen LogP contribution in [0.4, 0.5) is 0 Å². The first kappa shape index (κ1) is 13.6. The van der Waals surface area contributed by atoms with Crippen molar-refractivity contribution in [1.82, 2.24) is 0 Å². The summed E-state index contributed by atoms with van der Waals surface area (Å²) in [7, 11) is 0. The Labute approximate surface area is 120 Å². The topological polar surface area (TPSA) is 46.5 Å². The normalized spacial score (nSPS) is 29.7. The number of aryl methyl sites for hydroxylation is 1. The molecule has 2 unspecified atom stereocenters. The van der Waals surface area contributed by atoms with E-state index in [4.69, 9.17) is 4.74 Å². The Morgan fingerprint density at radius 3 is 2.80 bits per heavy atom. The molecule has 0 spiro atoms. The Morgan fingerprint density at radius 1 is 1.30 bits per heavy atom. The first-order valence-corrected chi connectivity index (χ1v) is 7.61. The molecule has 1 fully saturated rings. The zero-order chi connectivity index (χ0) is 14.0. The van der Waals surface area contributed by atoms with E-state index in [-0.39, 0.29) is 6.10 Å². The fourth-order valence-electron chi connectivity index (χ4n) is 3.65. The molecule has 1 aliphatic carbocycles. The van der Waals surface area contributed by atoms with E-state index in [1.165, 1.54) is 11.1 Å². The van der Waals surface area contributed by atoms with Gasteiger partial charge in [0, 0.05) is 6.61 Å². The lowest BCUT2D eigenvalue weighted by Crippen LogP contribution is -2.41. The fourth-order valence-corrected chi connectivity index (χ4v) is 3.65. The van der Waals surface area contributed by atoms with Gasteiger partial charge in [0.2, 0.25) is 0 Å². The maximum Gasteiger partial charge on any atom is 0.310 e.